The molecule has 0 aliphatic carbocycles. The quantitative estimate of drug-likeness (QED) is 0.840. The number of nitrogens with one attached hydrogen (secondary N) is 2. The van der Waals surface area contributed by atoms with Crippen molar-refractivity contribution in [3.63, 3.8) is 0 Å². The van der Waals surface area contributed by atoms with Gasteiger partial charge in [-0.2, -0.15) is 4.98 Å². The summed E-state index contributed by atoms with van der Waals surface area (Å²) in [5.74, 6) is -0.329. The largest absolute Gasteiger partial charge is 0.345 e. The highest BCUT2D eigenvalue weighted by molar-refractivity contribution is 5.80. The van der Waals surface area contributed by atoms with Crippen LogP contribution in [0.25, 0.3) is 10.9 Å². The Kier molecular flexibility index (Phi) is 3.19. The molecule has 17 heavy (non-hydrogen) atoms. The molecule has 5 heteroatoms. The maximum atomic E-state index is 13.2. The average molecular weight is 235 g/mol. The fourth-order valence-corrected chi connectivity index (χ4v) is 1.75. The third kappa shape index (κ3) is 2.50. The lowest BCUT2D eigenvalue weighted by molar-refractivity contribution is 0.600. The molecule has 2 rings (SSSR count). The lowest BCUT2D eigenvalue weighted by atomic mass is 10.1. The van der Waals surface area contributed by atoms with Crippen LogP contribution in [0.3, 0.4) is 0 Å². The Labute approximate surface area is 97.9 Å². The van der Waals surface area contributed by atoms with Crippen LogP contribution in [0, 0.1) is 5.82 Å². The van der Waals surface area contributed by atoms with Crippen LogP contribution >= 0.6 is 0 Å². The maximum absolute atomic E-state index is 13.2. The zero-order valence-electron chi connectivity index (χ0n) is 9.75. The second kappa shape index (κ2) is 4.63. The first-order valence-electron chi connectivity index (χ1n) is 5.46. The second-order valence-electron chi connectivity index (χ2n) is 4.08. The molecule has 1 aromatic carbocycles. The molecule has 1 heterocycles. The summed E-state index contributed by atoms with van der Waals surface area (Å²) in [5.41, 5.74) is 0.831. The zero-order valence-corrected chi connectivity index (χ0v) is 9.75. The zero-order chi connectivity index (χ0) is 12.4. The van der Waals surface area contributed by atoms with E-state index in [0.29, 0.717) is 23.0 Å². The molecule has 0 aliphatic rings. The molecular formula is C12H14FN3O. The lowest BCUT2D eigenvalue weighted by Gasteiger charge is -2.11. The van der Waals surface area contributed by atoms with Crippen LogP contribution in [0.2, 0.25) is 0 Å². The third-order valence-corrected chi connectivity index (χ3v) is 2.77. The molecule has 90 valence electrons. The van der Waals surface area contributed by atoms with Gasteiger partial charge in [-0.05, 0) is 32.2 Å². The van der Waals surface area contributed by atoms with E-state index in [0.717, 1.165) is 0 Å². The van der Waals surface area contributed by atoms with Gasteiger partial charge in [0.25, 0.3) is 0 Å². The second-order valence-corrected chi connectivity index (χ2v) is 4.08. The number of hydrogen-bond donors (Lipinski definition) is 2. The summed E-state index contributed by atoms with van der Waals surface area (Å²) >= 11 is 0. The van der Waals surface area contributed by atoms with Gasteiger partial charge in [-0.15, -0.1) is 0 Å². The monoisotopic (exact) mass is 235 g/mol. The summed E-state index contributed by atoms with van der Waals surface area (Å²) in [4.78, 5) is 17.9. The van der Waals surface area contributed by atoms with Crippen LogP contribution in [0.4, 0.5) is 4.39 Å². The molecule has 1 aromatic heterocycles. The Hall–Kier alpha value is -1.75. The number of nitrogens with zero attached hydrogens (tertiary/aromatic N) is 1. The van der Waals surface area contributed by atoms with Gasteiger partial charge in [0.2, 0.25) is 0 Å². The van der Waals surface area contributed by atoms with E-state index < -0.39 is 5.69 Å². The number of halogens is 1. The predicted octanol–water partition coefficient (Wildman–Crippen LogP) is 1.21. The minimum absolute atomic E-state index is 0.194. The first-order valence-corrected chi connectivity index (χ1v) is 5.46. The van der Waals surface area contributed by atoms with E-state index in [2.05, 4.69) is 15.3 Å². The van der Waals surface area contributed by atoms with Crippen LogP contribution in [0.1, 0.15) is 12.6 Å². The summed E-state index contributed by atoms with van der Waals surface area (Å²) in [6.07, 6.45) is 0.619. The Morgan fingerprint density at radius 2 is 2.29 bits per heavy atom. The minimum atomic E-state index is -0.401. The van der Waals surface area contributed by atoms with Gasteiger partial charge in [0.1, 0.15) is 5.82 Å². The highest BCUT2D eigenvalue weighted by Crippen LogP contribution is 2.16. The number of hydrogen-bond acceptors (Lipinski definition) is 3. The summed E-state index contributed by atoms with van der Waals surface area (Å²) < 4.78 is 13.2. The molecule has 0 saturated heterocycles. The third-order valence-electron chi connectivity index (χ3n) is 2.77. The molecule has 0 aliphatic heterocycles. The van der Waals surface area contributed by atoms with E-state index in [9.17, 15) is 9.18 Å². The van der Waals surface area contributed by atoms with E-state index in [1.54, 1.807) is 0 Å². The van der Waals surface area contributed by atoms with Gasteiger partial charge >= 0.3 is 5.69 Å². The average Bonchev–Trinajstić information content (AvgIpc) is 2.29. The highest BCUT2D eigenvalue weighted by atomic mass is 19.1. The molecular weight excluding hydrogens is 221 g/mol. The summed E-state index contributed by atoms with van der Waals surface area (Å²) in [7, 11) is 1.84. The van der Waals surface area contributed by atoms with Gasteiger partial charge in [0.15, 0.2) is 0 Å². The van der Waals surface area contributed by atoms with Gasteiger partial charge in [0.05, 0.1) is 5.52 Å². The summed E-state index contributed by atoms with van der Waals surface area (Å²) in [6, 6.07) is 4.42. The normalized spacial score (nSPS) is 12.9. The van der Waals surface area contributed by atoms with Crippen molar-refractivity contribution < 1.29 is 4.39 Å². The molecule has 0 bridgehead atoms. The Morgan fingerprint density at radius 1 is 1.53 bits per heavy atom. The Balaban J connectivity index is 2.59. The van der Waals surface area contributed by atoms with Crippen LogP contribution in [-0.2, 0) is 6.42 Å². The number of aromatic nitrogens is 2. The molecule has 1 atom stereocenters. The van der Waals surface area contributed by atoms with Gasteiger partial charge in [-0.3, -0.25) is 0 Å². The number of H-pyrrole nitrogens is 1. The van der Waals surface area contributed by atoms with Crippen molar-refractivity contribution in [2.75, 3.05) is 7.05 Å². The van der Waals surface area contributed by atoms with Crippen LogP contribution in [-0.4, -0.2) is 23.1 Å². The van der Waals surface area contributed by atoms with Crippen LogP contribution in [0.5, 0.6) is 0 Å². The van der Waals surface area contributed by atoms with Crippen molar-refractivity contribution in [2.24, 2.45) is 0 Å². The first-order chi connectivity index (χ1) is 8.10. The van der Waals surface area contributed by atoms with E-state index in [4.69, 9.17) is 0 Å². The van der Waals surface area contributed by atoms with Gasteiger partial charge in [-0.1, -0.05) is 0 Å². The molecule has 2 N–H and O–H groups in total. The molecule has 0 fully saturated rings. The van der Waals surface area contributed by atoms with E-state index in [1.807, 2.05) is 14.0 Å². The molecule has 0 radical (unpaired) electrons. The summed E-state index contributed by atoms with van der Waals surface area (Å²) in [6.45, 7) is 1.99. The van der Waals surface area contributed by atoms with Crippen molar-refractivity contribution >= 4 is 10.9 Å². The molecule has 0 amide bonds. The van der Waals surface area contributed by atoms with E-state index >= 15 is 0 Å². The van der Waals surface area contributed by atoms with Crippen molar-refractivity contribution in [2.45, 2.75) is 19.4 Å². The van der Waals surface area contributed by atoms with E-state index in [1.165, 1.54) is 18.2 Å². The smallest absolute Gasteiger partial charge is 0.317 e. The first kappa shape index (κ1) is 11.7. The highest BCUT2D eigenvalue weighted by Gasteiger charge is 2.08. The van der Waals surface area contributed by atoms with Crippen molar-refractivity contribution in [1.82, 2.24) is 15.3 Å². The van der Waals surface area contributed by atoms with Crippen molar-refractivity contribution in [3.05, 3.63) is 40.2 Å². The maximum Gasteiger partial charge on any atom is 0.345 e. The number of likely N-dealkylation sites (N-methyl/N-ethyl adjacent to an activating group) is 1. The van der Waals surface area contributed by atoms with Gasteiger partial charge < -0.3 is 10.3 Å². The van der Waals surface area contributed by atoms with Gasteiger partial charge in [0, 0.05) is 23.5 Å². The number of rotatable bonds is 3. The number of fused-ring (bicyclic) bond motifs is 1. The standard InChI is InChI=1S/C12H14FN3O/c1-7(14-2)5-11-9-6-8(13)3-4-10(9)15-12(17)16-11/h3-4,6-7,14H,5H2,1-2H3,(H,15,16,17). The number of benzene rings is 1. The van der Waals surface area contributed by atoms with Crippen molar-refractivity contribution in [1.29, 1.82) is 0 Å². The fourth-order valence-electron chi connectivity index (χ4n) is 1.75. The topological polar surface area (TPSA) is 57.8 Å². The van der Waals surface area contributed by atoms with Gasteiger partial charge in [-0.25, -0.2) is 9.18 Å². The molecule has 4 nitrogen and oxygen atoms in total. The fraction of sp³-hybridized carbons (Fsp3) is 0.333. The molecule has 1 unspecified atom stereocenters. The van der Waals surface area contributed by atoms with Crippen molar-refractivity contribution in [3.8, 4) is 0 Å². The molecule has 0 spiro atoms. The predicted molar refractivity (Wildman–Crippen MR) is 64.5 cm³/mol. The summed E-state index contributed by atoms with van der Waals surface area (Å²) in [5, 5.41) is 3.73. The van der Waals surface area contributed by atoms with Crippen LogP contribution in [0.15, 0.2) is 23.0 Å². The Morgan fingerprint density at radius 3 is 3.00 bits per heavy atom. The number of aromatic amines is 1. The Bertz CT molecular complexity index is 594. The SMILES string of the molecule is CNC(C)Cc1[nH]c(=O)nc2ccc(F)cc12. The van der Waals surface area contributed by atoms with Crippen LogP contribution < -0.4 is 11.0 Å². The van der Waals surface area contributed by atoms with E-state index in [-0.39, 0.29) is 11.9 Å². The molecule has 0 saturated carbocycles. The molecule has 2 aromatic rings. The lowest BCUT2D eigenvalue weighted by Crippen LogP contribution is -2.26. The minimum Gasteiger partial charge on any atom is -0.317 e.